The van der Waals surface area contributed by atoms with Crippen molar-refractivity contribution in [2.45, 2.75) is 38.5 Å². The molecule has 0 unspecified atom stereocenters. The number of aromatic nitrogens is 1. The number of rotatable bonds is 9. The number of unbranched alkanes of at least 4 members (excludes halogenated alkanes) is 3. The minimum absolute atomic E-state index is 0.277. The number of nitrogens with zero attached hydrogens (tertiary/aromatic N) is 1. The van der Waals surface area contributed by atoms with Crippen LogP contribution in [0.3, 0.4) is 0 Å². The zero-order valence-electron chi connectivity index (χ0n) is 17.0. The third-order valence-corrected chi connectivity index (χ3v) is 5.42. The molecule has 0 aliphatic rings. The second kappa shape index (κ2) is 9.40. The largest absolute Gasteiger partial charge is 0.481 e. The molecule has 0 atom stereocenters. The summed E-state index contributed by atoms with van der Waals surface area (Å²) < 4.78 is 0. The fourth-order valence-corrected chi connectivity index (χ4v) is 3.83. The van der Waals surface area contributed by atoms with Crippen LogP contribution in [0.1, 0.15) is 37.7 Å². The van der Waals surface area contributed by atoms with Gasteiger partial charge in [-0.2, -0.15) is 0 Å². The molecule has 0 saturated carbocycles. The van der Waals surface area contributed by atoms with Gasteiger partial charge in [0.15, 0.2) is 0 Å². The number of fused-ring (bicyclic) bond motifs is 2. The van der Waals surface area contributed by atoms with Crippen molar-refractivity contribution in [3.8, 4) is 0 Å². The second-order valence-corrected chi connectivity index (χ2v) is 7.65. The van der Waals surface area contributed by atoms with Crippen LogP contribution < -0.4 is 5.32 Å². The SMILES string of the molecule is O=C(O)CCCCCCc1ccc(Nc2c3ccccc3nc3ccccc23)cc1. The van der Waals surface area contributed by atoms with Crippen molar-refractivity contribution in [1.29, 1.82) is 0 Å². The van der Waals surface area contributed by atoms with E-state index >= 15 is 0 Å². The second-order valence-electron chi connectivity index (χ2n) is 7.65. The van der Waals surface area contributed by atoms with Gasteiger partial charge in [-0.3, -0.25) is 4.79 Å². The molecule has 0 aliphatic heterocycles. The average Bonchev–Trinajstić information content (AvgIpc) is 2.77. The van der Waals surface area contributed by atoms with E-state index in [4.69, 9.17) is 10.1 Å². The molecular weight excluding hydrogens is 372 g/mol. The standard InChI is InChI=1S/C26H26N2O2/c29-25(30)14-4-2-1-3-9-19-15-17-20(18-16-19)27-26-21-10-5-7-12-23(21)28-24-13-8-6-11-22(24)26/h5-8,10-13,15-18H,1-4,9,14H2,(H,27,28)(H,29,30). The lowest BCUT2D eigenvalue weighted by Gasteiger charge is -2.13. The molecule has 0 saturated heterocycles. The number of benzene rings is 3. The maximum atomic E-state index is 10.6. The highest BCUT2D eigenvalue weighted by Crippen LogP contribution is 2.33. The fourth-order valence-electron chi connectivity index (χ4n) is 3.83. The number of hydrogen-bond donors (Lipinski definition) is 2. The van der Waals surface area contributed by atoms with E-state index in [0.717, 1.165) is 65.3 Å². The first-order valence-electron chi connectivity index (χ1n) is 10.6. The Labute approximate surface area is 176 Å². The number of aliphatic carboxylic acids is 1. The van der Waals surface area contributed by atoms with Crippen LogP contribution in [-0.2, 0) is 11.2 Å². The molecule has 2 N–H and O–H groups in total. The zero-order chi connectivity index (χ0) is 20.8. The van der Waals surface area contributed by atoms with Gasteiger partial charge in [0.1, 0.15) is 0 Å². The molecule has 1 aromatic heterocycles. The number of hydrogen-bond acceptors (Lipinski definition) is 3. The number of anilines is 2. The number of nitrogens with one attached hydrogen (secondary N) is 1. The molecule has 0 amide bonds. The highest BCUT2D eigenvalue weighted by molar-refractivity contribution is 6.08. The van der Waals surface area contributed by atoms with Crippen LogP contribution in [-0.4, -0.2) is 16.1 Å². The normalized spacial score (nSPS) is 11.1. The van der Waals surface area contributed by atoms with Crippen molar-refractivity contribution in [1.82, 2.24) is 4.98 Å². The Morgan fingerprint density at radius 1 is 0.767 bits per heavy atom. The Morgan fingerprint density at radius 2 is 1.37 bits per heavy atom. The molecule has 1 heterocycles. The van der Waals surface area contributed by atoms with Crippen LogP contribution in [0.2, 0.25) is 0 Å². The maximum absolute atomic E-state index is 10.6. The minimum atomic E-state index is -0.701. The molecule has 4 heteroatoms. The molecule has 4 aromatic rings. The zero-order valence-corrected chi connectivity index (χ0v) is 17.0. The van der Waals surface area contributed by atoms with Crippen molar-refractivity contribution >= 4 is 39.1 Å². The van der Waals surface area contributed by atoms with E-state index in [1.54, 1.807) is 0 Å². The van der Waals surface area contributed by atoms with Crippen molar-refractivity contribution in [3.63, 3.8) is 0 Å². The Balaban J connectivity index is 1.46. The lowest BCUT2D eigenvalue weighted by atomic mass is 10.0. The van der Waals surface area contributed by atoms with E-state index in [2.05, 4.69) is 41.7 Å². The van der Waals surface area contributed by atoms with Crippen LogP contribution in [0.15, 0.2) is 72.8 Å². The summed E-state index contributed by atoms with van der Waals surface area (Å²) in [5.41, 5.74) is 5.42. The number of pyridine rings is 1. The fraction of sp³-hybridized carbons (Fsp3) is 0.231. The molecule has 3 aromatic carbocycles. The lowest BCUT2D eigenvalue weighted by Crippen LogP contribution is -1.96. The van der Waals surface area contributed by atoms with E-state index in [1.165, 1.54) is 5.56 Å². The molecule has 0 bridgehead atoms. The minimum Gasteiger partial charge on any atom is -0.481 e. The molecule has 30 heavy (non-hydrogen) atoms. The molecule has 4 nitrogen and oxygen atoms in total. The summed E-state index contributed by atoms with van der Waals surface area (Å²) in [7, 11) is 0. The van der Waals surface area contributed by atoms with Crippen molar-refractivity contribution < 1.29 is 9.90 Å². The van der Waals surface area contributed by atoms with E-state index in [9.17, 15) is 4.79 Å². The van der Waals surface area contributed by atoms with Gasteiger partial charge in [0.2, 0.25) is 0 Å². The maximum Gasteiger partial charge on any atom is 0.303 e. The quantitative estimate of drug-likeness (QED) is 0.243. The van der Waals surface area contributed by atoms with Crippen LogP contribution in [0.4, 0.5) is 11.4 Å². The van der Waals surface area contributed by atoms with Gasteiger partial charge in [0, 0.05) is 22.9 Å². The van der Waals surface area contributed by atoms with Gasteiger partial charge >= 0.3 is 5.97 Å². The van der Waals surface area contributed by atoms with E-state index in [0.29, 0.717) is 0 Å². The van der Waals surface area contributed by atoms with Gasteiger partial charge in [-0.25, -0.2) is 4.98 Å². The van der Waals surface area contributed by atoms with Gasteiger partial charge in [-0.1, -0.05) is 61.4 Å². The third-order valence-electron chi connectivity index (χ3n) is 5.42. The topological polar surface area (TPSA) is 62.2 Å². The van der Waals surface area contributed by atoms with Crippen LogP contribution in [0, 0.1) is 0 Å². The first-order chi connectivity index (χ1) is 14.7. The summed E-state index contributed by atoms with van der Waals surface area (Å²) in [4.78, 5) is 15.3. The van der Waals surface area contributed by atoms with E-state index in [1.807, 2.05) is 36.4 Å². The number of carboxylic acids is 1. The molecule has 0 fully saturated rings. The summed E-state index contributed by atoms with van der Waals surface area (Å²) in [6, 6.07) is 25.0. The van der Waals surface area contributed by atoms with Crippen LogP contribution in [0.5, 0.6) is 0 Å². The van der Waals surface area contributed by atoms with Crippen molar-refractivity contribution in [2.24, 2.45) is 0 Å². The van der Waals surface area contributed by atoms with E-state index in [-0.39, 0.29) is 6.42 Å². The summed E-state index contributed by atoms with van der Waals surface area (Å²) in [6.45, 7) is 0. The van der Waals surface area contributed by atoms with Crippen LogP contribution >= 0.6 is 0 Å². The smallest absolute Gasteiger partial charge is 0.303 e. The highest BCUT2D eigenvalue weighted by atomic mass is 16.4. The van der Waals surface area contributed by atoms with Crippen molar-refractivity contribution in [2.75, 3.05) is 5.32 Å². The molecule has 4 rings (SSSR count). The first kappa shape index (κ1) is 19.9. The van der Waals surface area contributed by atoms with Gasteiger partial charge in [-0.05, 0) is 49.1 Å². The monoisotopic (exact) mass is 398 g/mol. The molecular formula is C26H26N2O2. The number of carbonyl (C=O) groups is 1. The van der Waals surface area contributed by atoms with Crippen LogP contribution in [0.25, 0.3) is 21.8 Å². The lowest BCUT2D eigenvalue weighted by molar-refractivity contribution is -0.137. The van der Waals surface area contributed by atoms with E-state index < -0.39 is 5.97 Å². The summed E-state index contributed by atoms with van der Waals surface area (Å²) >= 11 is 0. The Morgan fingerprint density at radius 3 is 2.00 bits per heavy atom. The third kappa shape index (κ3) is 4.77. The van der Waals surface area contributed by atoms with Gasteiger partial charge in [0.25, 0.3) is 0 Å². The van der Waals surface area contributed by atoms with Gasteiger partial charge in [0.05, 0.1) is 16.7 Å². The van der Waals surface area contributed by atoms with Crippen molar-refractivity contribution in [3.05, 3.63) is 78.4 Å². The average molecular weight is 399 g/mol. The predicted molar refractivity (Wildman–Crippen MR) is 123 cm³/mol. The number of para-hydroxylation sites is 2. The Bertz CT molecular complexity index is 1100. The summed E-state index contributed by atoms with van der Waals surface area (Å²) in [5, 5.41) is 14.5. The van der Waals surface area contributed by atoms with Gasteiger partial charge in [-0.15, -0.1) is 0 Å². The first-order valence-corrected chi connectivity index (χ1v) is 10.6. The summed E-state index contributed by atoms with van der Waals surface area (Å²) in [6.07, 6.45) is 5.21. The predicted octanol–water partition coefficient (Wildman–Crippen LogP) is 6.71. The highest BCUT2D eigenvalue weighted by Gasteiger charge is 2.09. The molecule has 152 valence electrons. The number of carboxylic acid groups (broad SMARTS) is 1. The molecule has 0 spiro atoms. The Hall–Kier alpha value is -3.40. The summed E-state index contributed by atoms with van der Waals surface area (Å²) in [5.74, 6) is -0.701. The van der Waals surface area contributed by atoms with Gasteiger partial charge < -0.3 is 10.4 Å². The Kier molecular flexibility index (Phi) is 6.23. The molecule has 0 aliphatic carbocycles. The molecule has 0 radical (unpaired) electrons. The number of aryl methyl sites for hydroxylation is 1.